The number of carbonyl (C=O) groups is 1. The molecule has 0 bridgehead atoms. The Morgan fingerprint density at radius 2 is 2.00 bits per heavy atom. The molecule has 0 atom stereocenters. The molecule has 5 nitrogen and oxygen atoms in total. The highest BCUT2D eigenvalue weighted by Crippen LogP contribution is 2.34. The Morgan fingerprint density at radius 3 is 2.78 bits per heavy atom. The van der Waals surface area contributed by atoms with Gasteiger partial charge in [-0.05, 0) is 56.2 Å². The van der Waals surface area contributed by atoms with Crippen LogP contribution < -0.4 is 10.9 Å². The molecule has 0 saturated heterocycles. The predicted molar refractivity (Wildman–Crippen MR) is 112 cm³/mol. The molecule has 7 heteroatoms. The number of nitrogens with zero attached hydrogens (tertiary/aromatic N) is 1. The Kier molecular flexibility index (Phi) is 5.06. The van der Waals surface area contributed by atoms with Crippen molar-refractivity contribution < 1.29 is 4.79 Å². The fourth-order valence-corrected chi connectivity index (χ4v) is 5.51. The van der Waals surface area contributed by atoms with Crippen LogP contribution in [0.2, 0.25) is 0 Å². The molecule has 0 spiro atoms. The van der Waals surface area contributed by atoms with Crippen LogP contribution in [0.25, 0.3) is 10.2 Å². The second kappa shape index (κ2) is 7.48. The van der Waals surface area contributed by atoms with Gasteiger partial charge in [0.15, 0.2) is 5.16 Å². The third-order valence-corrected chi connectivity index (χ3v) is 6.95. The molecular weight excluding hydrogens is 378 g/mol. The van der Waals surface area contributed by atoms with E-state index in [-0.39, 0.29) is 17.2 Å². The first-order valence-electron chi connectivity index (χ1n) is 9.06. The molecule has 1 aromatic carbocycles. The lowest BCUT2D eigenvalue weighted by atomic mass is 9.97. The molecule has 2 aromatic heterocycles. The number of benzene rings is 1. The molecule has 2 N–H and O–H groups in total. The van der Waals surface area contributed by atoms with E-state index in [2.05, 4.69) is 15.3 Å². The highest BCUT2D eigenvalue weighted by molar-refractivity contribution is 7.99. The van der Waals surface area contributed by atoms with E-state index in [4.69, 9.17) is 0 Å². The molecule has 0 fully saturated rings. The van der Waals surface area contributed by atoms with E-state index in [9.17, 15) is 9.59 Å². The van der Waals surface area contributed by atoms with Crippen LogP contribution in [0.1, 0.15) is 34.4 Å². The summed E-state index contributed by atoms with van der Waals surface area (Å²) < 4.78 is 0. The summed E-state index contributed by atoms with van der Waals surface area (Å²) in [7, 11) is 0. The quantitative estimate of drug-likeness (QED) is 0.509. The summed E-state index contributed by atoms with van der Waals surface area (Å²) in [6, 6.07) is 5.92. The minimum atomic E-state index is -0.106. The number of H-pyrrole nitrogens is 1. The number of para-hydroxylation sites is 1. The number of aromatic nitrogens is 2. The summed E-state index contributed by atoms with van der Waals surface area (Å²) in [6.45, 7) is 3.95. The van der Waals surface area contributed by atoms with Gasteiger partial charge in [-0.15, -0.1) is 11.3 Å². The van der Waals surface area contributed by atoms with Gasteiger partial charge in [0.2, 0.25) is 5.91 Å². The molecule has 4 rings (SSSR count). The second-order valence-corrected chi connectivity index (χ2v) is 8.91. The number of amides is 1. The molecule has 27 heavy (non-hydrogen) atoms. The number of thioether (sulfide) groups is 1. The molecule has 0 unspecified atom stereocenters. The summed E-state index contributed by atoms with van der Waals surface area (Å²) in [5.41, 5.74) is 4.01. The second-order valence-electron chi connectivity index (χ2n) is 6.87. The number of aryl methyl sites for hydroxylation is 4. The Bertz CT molecular complexity index is 1060. The van der Waals surface area contributed by atoms with Gasteiger partial charge in [-0.2, -0.15) is 0 Å². The SMILES string of the molecule is Cc1cccc(C)c1NC(=O)CSc1nc2sc3c(c2c(=O)[nH]1)CCCC3. The van der Waals surface area contributed by atoms with Gasteiger partial charge in [-0.3, -0.25) is 9.59 Å². The number of carbonyl (C=O) groups excluding carboxylic acids is 1. The number of nitrogens with one attached hydrogen (secondary N) is 2. The molecule has 0 aliphatic heterocycles. The van der Waals surface area contributed by atoms with Gasteiger partial charge in [0, 0.05) is 10.6 Å². The standard InChI is InChI=1S/C20H21N3O2S2/c1-11-6-5-7-12(2)17(11)21-15(24)10-26-20-22-18(25)16-13-8-3-4-9-14(13)27-19(16)23-20/h5-7H,3-4,8-10H2,1-2H3,(H,21,24)(H,22,23,25). The van der Waals surface area contributed by atoms with Crippen LogP contribution >= 0.6 is 23.1 Å². The lowest BCUT2D eigenvalue weighted by molar-refractivity contribution is -0.113. The summed E-state index contributed by atoms with van der Waals surface area (Å²) in [6.07, 6.45) is 4.31. The summed E-state index contributed by atoms with van der Waals surface area (Å²) in [5.74, 6) is 0.0958. The van der Waals surface area contributed by atoms with Crippen molar-refractivity contribution in [1.29, 1.82) is 0 Å². The number of fused-ring (bicyclic) bond motifs is 3. The van der Waals surface area contributed by atoms with E-state index in [1.165, 1.54) is 28.6 Å². The zero-order chi connectivity index (χ0) is 19.0. The summed E-state index contributed by atoms with van der Waals surface area (Å²) in [4.78, 5) is 34.4. The van der Waals surface area contributed by atoms with Crippen LogP contribution in [0.15, 0.2) is 28.2 Å². The molecule has 1 aliphatic carbocycles. The smallest absolute Gasteiger partial charge is 0.260 e. The molecular formula is C20H21N3O2S2. The number of rotatable bonds is 4. The van der Waals surface area contributed by atoms with E-state index < -0.39 is 0 Å². The molecule has 3 aromatic rings. The van der Waals surface area contributed by atoms with Crippen molar-refractivity contribution in [2.75, 3.05) is 11.1 Å². The zero-order valence-corrected chi connectivity index (χ0v) is 17.0. The van der Waals surface area contributed by atoms with E-state index in [1.54, 1.807) is 11.3 Å². The first-order valence-corrected chi connectivity index (χ1v) is 10.9. The van der Waals surface area contributed by atoms with Crippen molar-refractivity contribution in [2.24, 2.45) is 0 Å². The first-order chi connectivity index (χ1) is 13.0. The van der Waals surface area contributed by atoms with Crippen LogP contribution in [0.5, 0.6) is 0 Å². The summed E-state index contributed by atoms with van der Waals surface area (Å²) in [5, 5.41) is 4.21. The van der Waals surface area contributed by atoms with Crippen molar-refractivity contribution in [3.63, 3.8) is 0 Å². The van der Waals surface area contributed by atoms with Crippen molar-refractivity contribution in [3.05, 3.63) is 50.1 Å². The Hall–Kier alpha value is -2.12. The van der Waals surface area contributed by atoms with E-state index in [0.29, 0.717) is 5.16 Å². The number of hydrogen-bond donors (Lipinski definition) is 2. The normalized spacial score (nSPS) is 13.6. The fraction of sp³-hybridized carbons (Fsp3) is 0.350. The highest BCUT2D eigenvalue weighted by atomic mass is 32.2. The van der Waals surface area contributed by atoms with Crippen LogP contribution in [0.4, 0.5) is 5.69 Å². The van der Waals surface area contributed by atoms with Gasteiger partial charge in [0.25, 0.3) is 5.56 Å². The maximum absolute atomic E-state index is 12.6. The Labute approximate surface area is 165 Å². The average molecular weight is 400 g/mol. The van der Waals surface area contributed by atoms with Crippen molar-refractivity contribution in [2.45, 2.75) is 44.7 Å². The third kappa shape index (κ3) is 3.66. The van der Waals surface area contributed by atoms with Gasteiger partial charge >= 0.3 is 0 Å². The number of aromatic amines is 1. The highest BCUT2D eigenvalue weighted by Gasteiger charge is 2.20. The minimum Gasteiger partial charge on any atom is -0.325 e. The zero-order valence-electron chi connectivity index (χ0n) is 15.3. The van der Waals surface area contributed by atoms with Crippen LogP contribution in [0.3, 0.4) is 0 Å². The maximum atomic E-state index is 12.6. The topological polar surface area (TPSA) is 74.8 Å². The van der Waals surface area contributed by atoms with Gasteiger partial charge in [0.1, 0.15) is 4.83 Å². The van der Waals surface area contributed by atoms with Crippen molar-refractivity contribution in [1.82, 2.24) is 9.97 Å². The number of thiophene rings is 1. The monoisotopic (exact) mass is 399 g/mol. The van der Waals surface area contributed by atoms with Gasteiger partial charge in [-0.25, -0.2) is 4.98 Å². The Balaban J connectivity index is 1.51. The van der Waals surface area contributed by atoms with Crippen LogP contribution in [0, 0.1) is 13.8 Å². The lowest BCUT2D eigenvalue weighted by Gasteiger charge is -2.11. The third-order valence-electron chi connectivity index (χ3n) is 4.89. The molecule has 2 heterocycles. The van der Waals surface area contributed by atoms with Crippen molar-refractivity contribution in [3.8, 4) is 0 Å². The van der Waals surface area contributed by atoms with E-state index in [1.807, 2.05) is 32.0 Å². The molecule has 1 aliphatic rings. The largest absolute Gasteiger partial charge is 0.325 e. The first kappa shape index (κ1) is 18.3. The van der Waals surface area contributed by atoms with E-state index >= 15 is 0 Å². The van der Waals surface area contributed by atoms with Gasteiger partial charge in [-0.1, -0.05) is 30.0 Å². The number of hydrogen-bond acceptors (Lipinski definition) is 5. The van der Waals surface area contributed by atoms with Gasteiger partial charge in [0.05, 0.1) is 11.1 Å². The molecule has 1 amide bonds. The molecule has 0 saturated carbocycles. The lowest BCUT2D eigenvalue weighted by Crippen LogP contribution is -2.17. The fourth-order valence-electron chi connectivity index (χ4n) is 3.53. The maximum Gasteiger partial charge on any atom is 0.260 e. The predicted octanol–water partition coefficient (Wildman–Crippen LogP) is 4.21. The minimum absolute atomic E-state index is 0.0861. The number of anilines is 1. The average Bonchev–Trinajstić information content (AvgIpc) is 3.02. The van der Waals surface area contributed by atoms with Crippen LogP contribution in [-0.2, 0) is 17.6 Å². The van der Waals surface area contributed by atoms with Crippen LogP contribution in [-0.4, -0.2) is 21.6 Å². The van der Waals surface area contributed by atoms with Crippen molar-refractivity contribution >= 4 is 44.9 Å². The Morgan fingerprint density at radius 1 is 1.26 bits per heavy atom. The van der Waals surface area contributed by atoms with Gasteiger partial charge < -0.3 is 10.3 Å². The molecule has 0 radical (unpaired) electrons. The summed E-state index contributed by atoms with van der Waals surface area (Å²) >= 11 is 2.89. The van der Waals surface area contributed by atoms with E-state index in [0.717, 1.165) is 46.3 Å². The molecule has 140 valence electrons.